The van der Waals surface area contributed by atoms with Gasteiger partial charge in [0.1, 0.15) is 5.83 Å². The quantitative estimate of drug-likeness (QED) is 0.451. The highest BCUT2D eigenvalue weighted by atomic mass is 19.1. The first-order valence-corrected chi connectivity index (χ1v) is 4.22. The summed E-state index contributed by atoms with van der Waals surface area (Å²) in [5.74, 6) is -0.396. The van der Waals surface area contributed by atoms with Gasteiger partial charge in [-0.05, 0) is 19.4 Å². The van der Waals surface area contributed by atoms with Crippen molar-refractivity contribution in [2.75, 3.05) is 0 Å². The van der Waals surface area contributed by atoms with Crippen molar-refractivity contribution in [2.45, 2.75) is 34.1 Å². The largest absolute Gasteiger partial charge is 0.263 e. The summed E-state index contributed by atoms with van der Waals surface area (Å²) in [7, 11) is 0. The van der Waals surface area contributed by atoms with Crippen LogP contribution in [0.1, 0.15) is 34.1 Å². The fourth-order valence-electron chi connectivity index (χ4n) is 0.316. The van der Waals surface area contributed by atoms with E-state index in [1.807, 2.05) is 27.7 Å². The third-order valence-corrected chi connectivity index (χ3v) is 1.11. The summed E-state index contributed by atoms with van der Waals surface area (Å²) in [5, 5.41) is 0. The Morgan fingerprint density at radius 3 is 2.33 bits per heavy atom. The smallest absolute Gasteiger partial charge is 0.140 e. The minimum atomic E-state index is -0.396. The van der Waals surface area contributed by atoms with E-state index in [1.54, 1.807) is 0 Å². The van der Waals surface area contributed by atoms with E-state index in [2.05, 4.69) is 11.6 Å². The lowest BCUT2D eigenvalue weighted by Crippen LogP contribution is -1.83. The molecule has 0 aromatic rings. The molecule has 0 saturated carbocycles. The molecule has 0 aliphatic rings. The van der Waals surface area contributed by atoms with Crippen molar-refractivity contribution in [2.24, 2.45) is 4.99 Å². The van der Waals surface area contributed by atoms with Crippen LogP contribution in [0.25, 0.3) is 0 Å². The molecule has 0 atom stereocenters. The van der Waals surface area contributed by atoms with Gasteiger partial charge in [-0.15, -0.1) is 0 Å². The Balaban J connectivity index is 0. The Hall–Kier alpha value is -0.920. The molecule has 12 heavy (non-hydrogen) atoms. The number of hydrogen-bond donors (Lipinski definition) is 0. The molecule has 2 heteroatoms. The lowest BCUT2D eigenvalue weighted by Gasteiger charge is -1.88. The molecule has 0 unspecified atom stereocenters. The SMILES string of the molecule is C=C/C(F)=C\N=C(C)CC.CC. The summed E-state index contributed by atoms with van der Waals surface area (Å²) >= 11 is 0. The summed E-state index contributed by atoms with van der Waals surface area (Å²) in [6.07, 6.45) is 3.15. The van der Waals surface area contributed by atoms with Crippen molar-refractivity contribution >= 4 is 5.71 Å². The van der Waals surface area contributed by atoms with Crippen LogP contribution in [0.3, 0.4) is 0 Å². The molecule has 0 fully saturated rings. The van der Waals surface area contributed by atoms with Gasteiger partial charge in [0.15, 0.2) is 0 Å². The summed E-state index contributed by atoms with van der Waals surface area (Å²) in [6.45, 7) is 11.1. The van der Waals surface area contributed by atoms with Crippen molar-refractivity contribution in [3.05, 3.63) is 24.7 Å². The Kier molecular flexibility index (Phi) is 11.5. The lowest BCUT2D eigenvalue weighted by molar-refractivity contribution is 0.664. The highest BCUT2D eigenvalue weighted by Crippen LogP contribution is 1.97. The number of halogens is 1. The lowest BCUT2D eigenvalue weighted by atomic mass is 10.3. The monoisotopic (exact) mass is 171 g/mol. The van der Waals surface area contributed by atoms with Crippen LogP contribution in [0.5, 0.6) is 0 Å². The van der Waals surface area contributed by atoms with Crippen LogP contribution in [0.4, 0.5) is 4.39 Å². The van der Waals surface area contributed by atoms with E-state index in [-0.39, 0.29) is 0 Å². The number of nitrogens with zero attached hydrogens (tertiary/aromatic N) is 1. The summed E-state index contributed by atoms with van der Waals surface area (Å²) < 4.78 is 12.3. The second kappa shape index (κ2) is 10.1. The van der Waals surface area contributed by atoms with Crippen molar-refractivity contribution in [3.8, 4) is 0 Å². The fourth-order valence-corrected chi connectivity index (χ4v) is 0.316. The maximum atomic E-state index is 12.3. The maximum Gasteiger partial charge on any atom is 0.140 e. The van der Waals surface area contributed by atoms with Gasteiger partial charge in [-0.1, -0.05) is 27.4 Å². The van der Waals surface area contributed by atoms with Gasteiger partial charge < -0.3 is 0 Å². The summed E-state index contributed by atoms with van der Waals surface area (Å²) in [5.41, 5.74) is 0.914. The average molecular weight is 171 g/mol. The minimum absolute atomic E-state index is 0.396. The molecule has 0 spiro atoms. The third-order valence-electron chi connectivity index (χ3n) is 1.11. The first-order valence-electron chi connectivity index (χ1n) is 4.22. The number of hydrogen-bond acceptors (Lipinski definition) is 1. The highest BCUT2D eigenvalue weighted by Gasteiger charge is 1.83. The van der Waals surface area contributed by atoms with E-state index in [0.717, 1.165) is 18.2 Å². The Morgan fingerprint density at radius 1 is 1.50 bits per heavy atom. The third kappa shape index (κ3) is 9.08. The standard InChI is InChI=1S/C8H12FN.C2H6/c1-4-7(3)10-6-8(9)5-2;1-2/h5-6H,2,4H2,1,3H3;1-2H3/b8-6+,10-7?;. The first kappa shape index (κ1) is 13.7. The van der Waals surface area contributed by atoms with Gasteiger partial charge in [0.25, 0.3) is 0 Å². The minimum Gasteiger partial charge on any atom is -0.263 e. The van der Waals surface area contributed by atoms with Gasteiger partial charge in [-0.25, -0.2) is 4.39 Å². The molecule has 0 radical (unpaired) electrons. The van der Waals surface area contributed by atoms with Gasteiger partial charge in [0.05, 0.1) is 6.20 Å². The molecule has 0 aromatic carbocycles. The van der Waals surface area contributed by atoms with E-state index in [0.29, 0.717) is 0 Å². The summed E-state index contributed by atoms with van der Waals surface area (Å²) in [4.78, 5) is 3.82. The summed E-state index contributed by atoms with van der Waals surface area (Å²) in [6, 6.07) is 0. The molecule has 0 amide bonds. The maximum absolute atomic E-state index is 12.3. The van der Waals surface area contributed by atoms with E-state index in [9.17, 15) is 4.39 Å². The van der Waals surface area contributed by atoms with Crippen LogP contribution in [0.15, 0.2) is 29.7 Å². The highest BCUT2D eigenvalue weighted by molar-refractivity contribution is 5.82. The Bertz CT molecular complexity index is 169. The number of allylic oxidation sites excluding steroid dienone is 2. The van der Waals surface area contributed by atoms with Crippen LogP contribution in [0.2, 0.25) is 0 Å². The van der Waals surface area contributed by atoms with Crippen LogP contribution < -0.4 is 0 Å². The molecule has 1 nitrogen and oxygen atoms in total. The van der Waals surface area contributed by atoms with Crippen LogP contribution in [-0.4, -0.2) is 5.71 Å². The van der Waals surface area contributed by atoms with Gasteiger partial charge in [0, 0.05) is 5.71 Å². The average Bonchev–Trinajstić information content (AvgIpc) is 2.16. The zero-order valence-electron chi connectivity index (χ0n) is 8.39. The van der Waals surface area contributed by atoms with E-state index in [4.69, 9.17) is 0 Å². The zero-order valence-corrected chi connectivity index (χ0v) is 8.39. The predicted octanol–water partition coefficient (Wildman–Crippen LogP) is 3.88. The Labute approximate surface area is 74.7 Å². The predicted molar refractivity (Wildman–Crippen MR) is 54.1 cm³/mol. The molecule has 0 heterocycles. The van der Waals surface area contributed by atoms with Crippen molar-refractivity contribution < 1.29 is 4.39 Å². The fraction of sp³-hybridized carbons (Fsp3) is 0.500. The van der Waals surface area contributed by atoms with Crippen LogP contribution in [-0.2, 0) is 0 Å². The van der Waals surface area contributed by atoms with E-state index >= 15 is 0 Å². The van der Waals surface area contributed by atoms with Crippen molar-refractivity contribution in [1.29, 1.82) is 0 Å². The molecule has 0 aromatic heterocycles. The van der Waals surface area contributed by atoms with Gasteiger partial charge in [-0.2, -0.15) is 0 Å². The van der Waals surface area contributed by atoms with Crippen LogP contribution in [0, 0.1) is 0 Å². The van der Waals surface area contributed by atoms with Crippen molar-refractivity contribution in [3.63, 3.8) is 0 Å². The van der Waals surface area contributed by atoms with Gasteiger partial charge in [0.2, 0.25) is 0 Å². The molecule has 70 valence electrons. The topological polar surface area (TPSA) is 12.4 Å². The van der Waals surface area contributed by atoms with Crippen molar-refractivity contribution in [1.82, 2.24) is 0 Å². The number of aliphatic imine (C=N–C) groups is 1. The second-order valence-electron chi connectivity index (χ2n) is 1.94. The molecule has 0 bridgehead atoms. The zero-order chi connectivity index (χ0) is 9.98. The van der Waals surface area contributed by atoms with E-state index in [1.165, 1.54) is 6.20 Å². The molecule has 0 rings (SSSR count). The number of rotatable bonds is 3. The Morgan fingerprint density at radius 2 is 2.00 bits per heavy atom. The van der Waals surface area contributed by atoms with Gasteiger partial charge in [-0.3, -0.25) is 4.99 Å². The molecule has 0 aliphatic heterocycles. The normalized spacial score (nSPS) is 11.8. The van der Waals surface area contributed by atoms with E-state index < -0.39 is 5.83 Å². The first-order chi connectivity index (χ1) is 5.70. The molecular formula is C10H18FN. The molecular weight excluding hydrogens is 153 g/mol. The molecule has 0 aliphatic carbocycles. The second-order valence-corrected chi connectivity index (χ2v) is 1.94. The van der Waals surface area contributed by atoms with Crippen LogP contribution >= 0.6 is 0 Å². The molecule has 0 saturated heterocycles. The van der Waals surface area contributed by atoms with Gasteiger partial charge >= 0.3 is 0 Å². The molecule has 0 N–H and O–H groups in total.